The van der Waals surface area contributed by atoms with Crippen LogP contribution in [0, 0.1) is 5.92 Å². The minimum Gasteiger partial charge on any atom is -0.312 e. The van der Waals surface area contributed by atoms with E-state index in [-0.39, 0.29) is 11.3 Å². The van der Waals surface area contributed by atoms with E-state index in [9.17, 15) is 4.21 Å². The van der Waals surface area contributed by atoms with Gasteiger partial charge < -0.3 is 5.32 Å². The lowest BCUT2D eigenvalue weighted by Gasteiger charge is -2.21. The van der Waals surface area contributed by atoms with E-state index in [4.69, 9.17) is 0 Å². The molecule has 0 saturated carbocycles. The third-order valence-corrected chi connectivity index (χ3v) is 5.86. The van der Waals surface area contributed by atoms with Gasteiger partial charge in [0.05, 0.1) is 0 Å². The SMILES string of the molecule is CCc1ccc(C(CS(=O)C(C)C(C)C)NC)cc1. The summed E-state index contributed by atoms with van der Waals surface area (Å²) >= 11 is 0. The zero-order valence-electron chi connectivity index (χ0n) is 12.8. The summed E-state index contributed by atoms with van der Waals surface area (Å²) in [7, 11) is 1.15. The summed E-state index contributed by atoms with van der Waals surface area (Å²) in [6.45, 7) is 8.50. The van der Waals surface area contributed by atoms with E-state index in [0.717, 1.165) is 6.42 Å². The Morgan fingerprint density at radius 1 is 1.16 bits per heavy atom. The topological polar surface area (TPSA) is 29.1 Å². The molecule has 1 aromatic carbocycles. The molecule has 0 aliphatic rings. The van der Waals surface area contributed by atoms with E-state index in [0.29, 0.717) is 11.7 Å². The molecule has 0 radical (unpaired) electrons. The van der Waals surface area contributed by atoms with Crippen LogP contribution in [0.5, 0.6) is 0 Å². The van der Waals surface area contributed by atoms with Crippen molar-refractivity contribution < 1.29 is 4.21 Å². The predicted octanol–water partition coefficient (Wildman–Crippen LogP) is 3.30. The lowest BCUT2D eigenvalue weighted by Crippen LogP contribution is -2.28. The Labute approximate surface area is 120 Å². The van der Waals surface area contributed by atoms with Crippen LogP contribution in [-0.4, -0.2) is 22.3 Å². The smallest absolute Gasteiger partial charge is 0.0434 e. The number of hydrogen-bond donors (Lipinski definition) is 1. The van der Waals surface area contributed by atoms with Crippen molar-refractivity contribution in [2.24, 2.45) is 5.92 Å². The van der Waals surface area contributed by atoms with Gasteiger partial charge >= 0.3 is 0 Å². The zero-order valence-corrected chi connectivity index (χ0v) is 13.6. The molecular formula is C16H27NOS. The van der Waals surface area contributed by atoms with Crippen LogP contribution in [0.25, 0.3) is 0 Å². The second-order valence-electron chi connectivity index (χ2n) is 5.43. The molecule has 0 bridgehead atoms. The van der Waals surface area contributed by atoms with Gasteiger partial charge in [0.1, 0.15) is 0 Å². The van der Waals surface area contributed by atoms with E-state index >= 15 is 0 Å². The van der Waals surface area contributed by atoms with Crippen LogP contribution in [-0.2, 0) is 17.2 Å². The molecule has 108 valence electrons. The molecule has 3 atom stereocenters. The van der Waals surface area contributed by atoms with Crippen LogP contribution in [0.2, 0.25) is 0 Å². The molecule has 0 heterocycles. The van der Waals surface area contributed by atoms with Crippen LogP contribution in [0.15, 0.2) is 24.3 Å². The van der Waals surface area contributed by atoms with Gasteiger partial charge in [-0.3, -0.25) is 4.21 Å². The summed E-state index contributed by atoms with van der Waals surface area (Å²) in [5.74, 6) is 1.14. The van der Waals surface area contributed by atoms with E-state index < -0.39 is 10.8 Å². The van der Waals surface area contributed by atoms with Crippen LogP contribution in [0.3, 0.4) is 0 Å². The lowest BCUT2D eigenvalue weighted by molar-refractivity contribution is 0.589. The van der Waals surface area contributed by atoms with E-state index in [1.807, 2.05) is 7.05 Å². The Balaban J connectivity index is 2.74. The highest BCUT2D eigenvalue weighted by Crippen LogP contribution is 2.18. The molecule has 0 aliphatic carbocycles. The van der Waals surface area contributed by atoms with Gasteiger partial charge in [0, 0.05) is 27.8 Å². The van der Waals surface area contributed by atoms with Crippen molar-refractivity contribution >= 4 is 10.8 Å². The summed E-state index contributed by atoms with van der Waals surface area (Å²) < 4.78 is 12.3. The molecule has 0 aromatic heterocycles. The molecule has 19 heavy (non-hydrogen) atoms. The molecule has 0 saturated heterocycles. The average molecular weight is 281 g/mol. The van der Waals surface area contributed by atoms with Gasteiger partial charge in [0.15, 0.2) is 0 Å². The first kappa shape index (κ1) is 16.4. The molecule has 0 aliphatic heterocycles. The molecule has 1 rings (SSSR count). The molecule has 0 spiro atoms. The van der Waals surface area contributed by atoms with Crippen LogP contribution >= 0.6 is 0 Å². The van der Waals surface area contributed by atoms with Crippen LogP contribution < -0.4 is 5.32 Å². The number of rotatable bonds is 7. The number of hydrogen-bond acceptors (Lipinski definition) is 2. The monoisotopic (exact) mass is 281 g/mol. The summed E-state index contributed by atoms with van der Waals surface area (Å²) in [5, 5.41) is 3.53. The maximum atomic E-state index is 12.3. The Hall–Kier alpha value is -0.670. The van der Waals surface area contributed by atoms with Gasteiger partial charge in [-0.1, -0.05) is 52.0 Å². The molecule has 3 unspecified atom stereocenters. The third kappa shape index (κ3) is 4.73. The van der Waals surface area contributed by atoms with Crippen molar-refractivity contribution in [3.05, 3.63) is 35.4 Å². The first-order valence-electron chi connectivity index (χ1n) is 7.12. The van der Waals surface area contributed by atoms with Gasteiger partial charge in [-0.05, 0) is 30.5 Å². The van der Waals surface area contributed by atoms with Crippen molar-refractivity contribution in [1.82, 2.24) is 5.32 Å². The third-order valence-electron chi connectivity index (χ3n) is 3.82. The molecule has 0 amide bonds. The average Bonchev–Trinajstić information content (AvgIpc) is 2.43. The molecular weight excluding hydrogens is 254 g/mol. The second kappa shape index (κ2) is 7.81. The van der Waals surface area contributed by atoms with E-state index in [1.165, 1.54) is 11.1 Å². The summed E-state index contributed by atoms with van der Waals surface area (Å²) in [6, 6.07) is 8.80. The predicted molar refractivity (Wildman–Crippen MR) is 84.9 cm³/mol. The molecule has 1 N–H and O–H groups in total. The van der Waals surface area contributed by atoms with Gasteiger partial charge in [0.2, 0.25) is 0 Å². The highest BCUT2D eigenvalue weighted by Gasteiger charge is 2.19. The Kier molecular flexibility index (Phi) is 6.73. The first-order valence-corrected chi connectivity index (χ1v) is 8.51. The van der Waals surface area contributed by atoms with Gasteiger partial charge in [-0.2, -0.15) is 0 Å². The highest BCUT2D eigenvalue weighted by molar-refractivity contribution is 7.85. The van der Waals surface area contributed by atoms with Crippen molar-refractivity contribution in [3.8, 4) is 0 Å². The largest absolute Gasteiger partial charge is 0.312 e. The summed E-state index contributed by atoms with van der Waals surface area (Å²) in [4.78, 5) is 0. The maximum Gasteiger partial charge on any atom is 0.0434 e. The number of benzene rings is 1. The fourth-order valence-corrected chi connectivity index (χ4v) is 3.55. The minimum atomic E-state index is -0.795. The fourth-order valence-electron chi connectivity index (χ4n) is 1.95. The van der Waals surface area contributed by atoms with Gasteiger partial charge in [-0.25, -0.2) is 0 Å². The van der Waals surface area contributed by atoms with Gasteiger partial charge in [-0.15, -0.1) is 0 Å². The highest BCUT2D eigenvalue weighted by atomic mass is 32.2. The van der Waals surface area contributed by atoms with Crippen molar-refractivity contribution in [1.29, 1.82) is 0 Å². The molecule has 3 heteroatoms. The maximum absolute atomic E-state index is 12.3. The molecule has 1 aromatic rings. The zero-order chi connectivity index (χ0) is 14.4. The quantitative estimate of drug-likeness (QED) is 0.831. The van der Waals surface area contributed by atoms with Crippen molar-refractivity contribution in [2.75, 3.05) is 12.8 Å². The van der Waals surface area contributed by atoms with E-state index in [1.54, 1.807) is 0 Å². The Bertz CT molecular complexity index is 400. The molecule has 0 fully saturated rings. The Morgan fingerprint density at radius 3 is 2.16 bits per heavy atom. The summed E-state index contributed by atoms with van der Waals surface area (Å²) in [5.41, 5.74) is 2.57. The lowest BCUT2D eigenvalue weighted by atomic mass is 10.1. The molecule has 2 nitrogen and oxygen atoms in total. The standard InChI is InChI=1S/C16H27NOS/c1-6-14-7-9-15(10-8-14)16(17-5)11-19(18)13(4)12(2)3/h7-10,12-13,16-17H,6,11H2,1-5H3. The first-order chi connectivity index (χ1) is 8.99. The number of nitrogens with one attached hydrogen (secondary N) is 1. The van der Waals surface area contributed by atoms with Crippen molar-refractivity contribution in [3.63, 3.8) is 0 Å². The van der Waals surface area contributed by atoms with Crippen molar-refractivity contribution in [2.45, 2.75) is 45.4 Å². The second-order valence-corrected chi connectivity index (χ2v) is 7.27. The summed E-state index contributed by atoms with van der Waals surface area (Å²) in [6.07, 6.45) is 1.06. The fraction of sp³-hybridized carbons (Fsp3) is 0.625. The van der Waals surface area contributed by atoms with Crippen LogP contribution in [0.1, 0.15) is 44.9 Å². The Morgan fingerprint density at radius 2 is 1.74 bits per heavy atom. The van der Waals surface area contributed by atoms with Gasteiger partial charge in [0.25, 0.3) is 0 Å². The minimum absolute atomic E-state index is 0.174. The normalized spacial score (nSPS) is 16.3. The van der Waals surface area contributed by atoms with Crippen LogP contribution in [0.4, 0.5) is 0 Å². The number of aryl methyl sites for hydroxylation is 1. The van der Waals surface area contributed by atoms with E-state index in [2.05, 4.69) is 57.3 Å².